The second-order valence-electron chi connectivity index (χ2n) is 7.67. The topological polar surface area (TPSA) is 83.0 Å². The molecule has 1 aromatic carbocycles. The van der Waals surface area contributed by atoms with E-state index >= 15 is 0 Å². The Hall–Kier alpha value is -1.64. The number of benzene rings is 1. The lowest BCUT2D eigenvalue weighted by Gasteiger charge is -2.15. The summed E-state index contributed by atoms with van der Waals surface area (Å²) in [7, 11) is -3.36. The van der Waals surface area contributed by atoms with Crippen LogP contribution in [0.15, 0.2) is 34.2 Å². The third-order valence-electron chi connectivity index (χ3n) is 4.77. The molecule has 0 aliphatic carbocycles. The number of nitrogens with zero attached hydrogens (tertiary/aromatic N) is 2. The smallest absolute Gasteiger partial charge is 0.243 e. The number of hydrogen-bond donors (Lipinski definition) is 2. The van der Waals surface area contributed by atoms with E-state index in [1.807, 2.05) is 19.1 Å². The molecule has 1 aliphatic heterocycles. The van der Waals surface area contributed by atoms with Crippen LogP contribution in [0.2, 0.25) is 0 Å². The Balaban J connectivity index is 1.85. The molecule has 0 unspecified atom stereocenters. The number of nitrogens with one attached hydrogen (secondary N) is 2. The second-order valence-corrected chi connectivity index (χ2v) is 9.61. The third-order valence-corrected chi connectivity index (χ3v) is 6.68. The molecular formula is C21H36N4O3S. The van der Waals surface area contributed by atoms with Gasteiger partial charge in [0.25, 0.3) is 0 Å². The molecule has 1 fully saturated rings. The number of hydrogen-bond acceptors (Lipinski definition) is 4. The first-order chi connectivity index (χ1) is 13.9. The summed E-state index contributed by atoms with van der Waals surface area (Å²) in [6, 6.07) is 7.04. The van der Waals surface area contributed by atoms with Gasteiger partial charge in [-0.15, -0.1) is 0 Å². The zero-order valence-corrected chi connectivity index (χ0v) is 18.8. The Labute approximate surface area is 176 Å². The monoisotopic (exact) mass is 424 g/mol. The number of sulfonamides is 1. The molecule has 1 aliphatic rings. The van der Waals surface area contributed by atoms with E-state index in [0.29, 0.717) is 43.6 Å². The molecule has 29 heavy (non-hydrogen) atoms. The summed E-state index contributed by atoms with van der Waals surface area (Å²) in [4.78, 5) is 4.94. The van der Waals surface area contributed by atoms with E-state index < -0.39 is 10.0 Å². The Morgan fingerprint density at radius 1 is 1.14 bits per heavy atom. The van der Waals surface area contributed by atoms with Crippen molar-refractivity contribution >= 4 is 16.0 Å². The predicted octanol–water partition coefficient (Wildman–Crippen LogP) is 2.59. The van der Waals surface area contributed by atoms with E-state index in [0.717, 1.165) is 43.9 Å². The Kier molecular flexibility index (Phi) is 9.90. The highest BCUT2D eigenvalue weighted by atomic mass is 32.2. The summed E-state index contributed by atoms with van der Waals surface area (Å²) >= 11 is 0. The van der Waals surface area contributed by atoms with Crippen molar-refractivity contribution in [3.8, 4) is 0 Å². The summed E-state index contributed by atoms with van der Waals surface area (Å²) in [6.45, 7) is 11.0. The number of rotatable bonds is 11. The van der Waals surface area contributed by atoms with Crippen LogP contribution in [0.4, 0.5) is 0 Å². The number of aliphatic imine (C=N–C) groups is 1. The fourth-order valence-corrected chi connectivity index (χ4v) is 4.54. The highest BCUT2D eigenvalue weighted by molar-refractivity contribution is 7.89. The van der Waals surface area contributed by atoms with Gasteiger partial charge in [-0.1, -0.05) is 26.0 Å². The lowest BCUT2D eigenvalue weighted by atomic mass is 10.1. The van der Waals surface area contributed by atoms with E-state index in [4.69, 9.17) is 4.74 Å². The van der Waals surface area contributed by atoms with Crippen LogP contribution in [-0.4, -0.2) is 58.1 Å². The van der Waals surface area contributed by atoms with Gasteiger partial charge in [0.2, 0.25) is 10.0 Å². The molecule has 8 heteroatoms. The maximum absolute atomic E-state index is 12.6. The molecule has 0 bridgehead atoms. The molecule has 164 valence electrons. The first-order valence-corrected chi connectivity index (χ1v) is 12.1. The highest BCUT2D eigenvalue weighted by Gasteiger charge is 2.26. The molecule has 1 heterocycles. The summed E-state index contributed by atoms with van der Waals surface area (Å²) < 4.78 is 32.4. The van der Waals surface area contributed by atoms with Gasteiger partial charge in [0, 0.05) is 32.8 Å². The summed E-state index contributed by atoms with van der Waals surface area (Å²) in [5, 5.41) is 6.48. The fraction of sp³-hybridized carbons (Fsp3) is 0.667. The van der Waals surface area contributed by atoms with Crippen molar-refractivity contribution in [1.82, 2.24) is 14.9 Å². The van der Waals surface area contributed by atoms with Crippen LogP contribution in [0.1, 0.15) is 45.6 Å². The minimum atomic E-state index is -3.36. The maximum atomic E-state index is 12.6. The average Bonchev–Trinajstić information content (AvgIpc) is 3.24. The number of guanidine groups is 1. The van der Waals surface area contributed by atoms with Crippen LogP contribution in [0.3, 0.4) is 0 Å². The van der Waals surface area contributed by atoms with Gasteiger partial charge in [-0.2, -0.15) is 4.31 Å². The minimum Gasteiger partial charge on any atom is -0.380 e. The molecule has 1 saturated heterocycles. The van der Waals surface area contributed by atoms with Crippen molar-refractivity contribution in [3.05, 3.63) is 29.8 Å². The number of ether oxygens (including phenoxy) is 1. The molecule has 2 rings (SSSR count). The van der Waals surface area contributed by atoms with Crippen molar-refractivity contribution < 1.29 is 13.2 Å². The quantitative estimate of drug-likeness (QED) is 0.324. The molecule has 0 spiro atoms. The molecule has 7 nitrogen and oxygen atoms in total. The lowest BCUT2D eigenvalue weighted by Crippen LogP contribution is -2.39. The Bertz CT molecular complexity index is 727. The second kappa shape index (κ2) is 12.1. The minimum absolute atomic E-state index is 0.357. The van der Waals surface area contributed by atoms with Crippen molar-refractivity contribution in [2.45, 2.75) is 51.5 Å². The van der Waals surface area contributed by atoms with E-state index in [-0.39, 0.29) is 0 Å². The van der Waals surface area contributed by atoms with Crippen LogP contribution >= 0.6 is 0 Å². The van der Waals surface area contributed by atoms with Gasteiger partial charge in [0.1, 0.15) is 0 Å². The Morgan fingerprint density at radius 2 is 1.83 bits per heavy atom. The van der Waals surface area contributed by atoms with Crippen LogP contribution in [-0.2, 0) is 21.3 Å². The summed E-state index contributed by atoms with van der Waals surface area (Å²) in [5.41, 5.74) is 0.968. The van der Waals surface area contributed by atoms with Crippen molar-refractivity contribution in [1.29, 1.82) is 0 Å². The zero-order chi connectivity index (χ0) is 21.1. The Morgan fingerprint density at radius 3 is 2.45 bits per heavy atom. The van der Waals surface area contributed by atoms with Gasteiger partial charge < -0.3 is 15.4 Å². The molecule has 0 atom stereocenters. The summed E-state index contributed by atoms with van der Waals surface area (Å²) in [6.07, 6.45) is 2.95. The average molecular weight is 425 g/mol. The predicted molar refractivity (Wildman–Crippen MR) is 118 cm³/mol. The maximum Gasteiger partial charge on any atom is 0.243 e. The molecule has 0 saturated carbocycles. The SMILES string of the molecule is CCNC(=NCc1ccc(S(=O)(=O)N2CCCC2)cc1)NCCOCCC(C)C. The van der Waals surface area contributed by atoms with Crippen molar-refractivity contribution in [2.75, 3.05) is 39.4 Å². The molecule has 2 N–H and O–H groups in total. The van der Waals surface area contributed by atoms with E-state index in [1.54, 1.807) is 16.4 Å². The van der Waals surface area contributed by atoms with Gasteiger partial charge >= 0.3 is 0 Å². The lowest BCUT2D eigenvalue weighted by molar-refractivity contribution is 0.128. The van der Waals surface area contributed by atoms with Crippen molar-refractivity contribution in [2.24, 2.45) is 10.9 Å². The summed E-state index contributed by atoms with van der Waals surface area (Å²) in [5.74, 6) is 1.38. The van der Waals surface area contributed by atoms with Gasteiger partial charge in [0.15, 0.2) is 5.96 Å². The van der Waals surface area contributed by atoms with Crippen molar-refractivity contribution in [3.63, 3.8) is 0 Å². The molecular weight excluding hydrogens is 388 g/mol. The molecule has 0 aromatic heterocycles. The van der Waals surface area contributed by atoms with Crippen LogP contribution in [0.25, 0.3) is 0 Å². The standard InChI is InChI=1S/C21H36N4O3S/c1-4-22-21(23-12-16-28-15-11-18(2)3)24-17-19-7-9-20(10-8-19)29(26,27)25-13-5-6-14-25/h7-10,18H,4-6,11-17H2,1-3H3,(H2,22,23,24). The first-order valence-electron chi connectivity index (χ1n) is 10.6. The molecule has 0 amide bonds. The van der Waals surface area contributed by atoms with Gasteiger partial charge in [-0.05, 0) is 49.8 Å². The van der Waals surface area contributed by atoms with E-state index in [2.05, 4.69) is 29.5 Å². The zero-order valence-electron chi connectivity index (χ0n) is 18.0. The fourth-order valence-electron chi connectivity index (χ4n) is 3.02. The van der Waals surface area contributed by atoms with Gasteiger partial charge in [-0.3, -0.25) is 0 Å². The first kappa shape index (κ1) is 23.6. The normalized spacial score (nSPS) is 15.8. The van der Waals surface area contributed by atoms with Gasteiger partial charge in [0.05, 0.1) is 18.0 Å². The van der Waals surface area contributed by atoms with Gasteiger partial charge in [-0.25, -0.2) is 13.4 Å². The molecule has 0 radical (unpaired) electrons. The molecule has 1 aromatic rings. The van der Waals surface area contributed by atoms with E-state index in [1.165, 1.54) is 0 Å². The van der Waals surface area contributed by atoms with E-state index in [9.17, 15) is 8.42 Å². The third kappa shape index (κ3) is 7.95. The van der Waals surface area contributed by atoms with Crippen LogP contribution in [0, 0.1) is 5.92 Å². The van der Waals surface area contributed by atoms with Crippen LogP contribution < -0.4 is 10.6 Å². The highest BCUT2D eigenvalue weighted by Crippen LogP contribution is 2.21. The van der Waals surface area contributed by atoms with Crippen LogP contribution in [0.5, 0.6) is 0 Å². The largest absolute Gasteiger partial charge is 0.380 e.